The largest absolute Gasteiger partial charge is 0.694 e. The quantitative estimate of drug-likeness (QED) is 0.0419. The number of hydrogen-bond acceptors (Lipinski definition) is 29. The van der Waals surface area contributed by atoms with Gasteiger partial charge in [-0.2, -0.15) is 0 Å². The predicted octanol–water partition coefficient (Wildman–Crippen LogP) is -0.277. The highest BCUT2D eigenvalue weighted by Gasteiger charge is 2.48. The number of ether oxygens (including phenoxy) is 4. The minimum atomic E-state index is -5.27. The SMILES string of the molecule is Nc1ncnc2c1ncn2[C@H]1C[C@H](OP(=O)(O)OC[C@H]2O[C@@H](n3cnc4c(N)ncnc43)C[C@@H]2OP(=O)(O)OC[C@H]2O[C@@H](n3cnc4c(N)ncnc43)C[C@@H]2O)[C@@H](COP(=O)(O)O[C@H]2C[C@H](N)O[C@@H]2CO[P+](=O)O)O1. The number of aliphatic hydroxyl groups is 1. The lowest BCUT2D eigenvalue weighted by atomic mass is 10.2. The summed E-state index contributed by atoms with van der Waals surface area (Å²) in [5.74, 6) is 0.187. The first kappa shape index (κ1) is 53.6. The van der Waals surface area contributed by atoms with Gasteiger partial charge in [-0.1, -0.05) is 0 Å². The van der Waals surface area contributed by atoms with Crippen molar-refractivity contribution in [2.75, 3.05) is 43.6 Å². The Morgan fingerprint density at radius 1 is 0.547 bits per heavy atom. The lowest BCUT2D eigenvalue weighted by Crippen LogP contribution is -2.31. The fourth-order valence-electron chi connectivity index (χ4n) is 8.79. The van der Waals surface area contributed by atoms with E-state index < -0.39 is 132 Å². The maximum absolute atomic E-state index is 14.0. The van der Waals surface area contributed by atoms with Gasteiger partial charge in [0.1, 0.15) is 110 Å². The molecule has 0 amide bonds. The molecule has 0 spiro atoms. The molecule has 6 aromatic rings. The molecular weight excluding hydrogens is 1090 g/mol. The summed E-state index contributed by atoms with van der Waals surface area (Å²) in [5, 5.41) is 10.9. The second-order valence-corrected chi connectivity index (χ2v) is 22.1. The summed E-state index contributed by atoms with van der Waals surface area (Å²) in [6.07, 6.45) is -7.54. The monoisotopic (exact) mass is 1140 g/mol. The van der Waals surface area contributed by atoms with Crippen LogP contribution in [-0.2, 0) is 68.9 Å². The first-order chi connectivity index (χ1) is 35.7. The highest BCUT2D eigenvalue weighted by molar-refractivity contribution is 7.48. The molecule has 0 radical (unpaired) electrons. The van der Waals surface area contributed by atoms with Crippen LogP contribution >= 0.6 is 31.7 Å². The summed E-state index contributed by atoms with van der Waals surface area (Å²) < 4.78 is 117. The fraction of sp³-hybridized carbons (Fsp3) is 0.571. The highest BCUT2D eigenvalue weighted by atomic mass is 31.2. The van der Waals surface area contributed by atoms with Crippen molar-refractivity contribution in [2.45, 2.75) is 99.4 Å². The molecule has 10 heterocycles. The smallest absolute Gasteiger partial charge is 0.390 e. The molecule has 75 heavy (non-hydrogen) atoms. The zero-order valence-corrected chi connectivity index (χ0v) is 42.0. The highest BCUT2D eigenvalue weighted by Crippen LogP contribution is 2.54. The van der Waals surface area contributed by atoms with Crippen molar-refractivity contribution < 1.29 is 93.6 Å². The zero-order valence-electron chi connectivity index (χ0n) is 38.4. The molecule has 4 unspecified atom stereocenters. The number of anilines is 3. The van der Waals surface area contributed by atoms with E-state index in [9.17, 15) is 38.0 Å². The van der Waals surface area contributed by atoms with E-state index in [-0.39, 0.29) is 65.5 Å². The summed E-state index contributed by atoms with van der Waals surface area (Å²) in [6.45, 7) is -2.84. The maximum atomic E-state index is 14.0. The molecule has 0 bridgehead atoms. The van der Waals surface area contributed by atoms with Crippen LogP contribution in [0.4, 0.5) is 17.5 Å². The number of fused-ring (bicyclic) bond motifs is 3. The van der Waals surface area contributed by atoms with E-state index in [1.54, 1.807) is 0 Å². The summed E-state index contributed by atoms with van der Waals surface area (Å²) in [5.41, 5.74) is 25.1. The van der Waals surface area contributed by atoms with E-state index in [1.165, 1.54) is 51.7 Å². The van der Waals surface area contributed by atoms with E-state index in [2.05, 4.69) is 49.4 Å². The predicted molar refractivity (Wildman–Crippen MR) is 246 cm³/mol. The third kappa shape index (κ3) is 11.9. The Kier molecular flexibility index (Phi) is 15.4. The van der Waals surface area contributed by atoms with E-state index in [4.69, 9.17) is 73.9 Å². The van der Waals surface area contributed by atoms with Gasteiger partial charge in [-0.25, -0.2) is 58.6 Å². The Morgan fingerprint density at radius 2 is 0.907 bits per heavy atom. The zero-order chi connectivity index (χ0) is 53.0. The van der Waals surface area contributed by atoms with Crippen LogP contribution in [0.15, 0.2) is 38.0 Å². The average Bonchev–Trinajstić information content (AvgIpc) is 4.22. The number of nitrogens with zero attached hydrogens (tertiary/aromatic N) is 12. The number of hydrogen-bond donors (Lipinski definition) is 9. The summed E-state index contributed by atoms with van der Waals surface area (Å²) in [4.78, 5) is 79.3. The van der Waals surface area contributed by atoms with Crippen LogP contribution in [0.25, 0.3) is 33.5 Å². The number of aliphatic hydroxyl groups excluding tert-OH is 1. The molecule has 40 heteroatoms. The molecule has 4 aliphatic rings. The van der Waals surface area contributed by atoms with Crippen LogP contribution < -0.4 is 22.9 Å². The van der Waals surface area contributed by atoms with Gasteiger partial charge in [-0.3, -0.25) is 40.8 Å². The molecule has 0 saturated carbocycles. The number of aromatic nitrogens is 12. The van der Waals surface area contributed by atoms with Crippen LogP contribution in [0.3, 0.4) is 0 Å². The molecule has 6 aromatic heterocycles. The van der Waals surface area contributed by atoms with Crippen molar-refractivity contribution >= 4 is 82.7 Å². The first-order valence-electron chi connectivity index (χ1n) is 22.3. The van der Waals surface area contributed by atoms with E-state index in [1.807, 2.05) is 0 Å². The molecule has 16 atom stereocenters. The molecule has 4 saturated heterocycles. The topological polar surface area (TPSA) is 506 Å². The number of phosphoric acid groups is 3. The molecule has 4 aliphatic heterocycles. The number of nitrogens with two attached hydrogens (primary N) is 4. The lowest BCUT2D eigenvalue weighted by Gasteiger charge is -2.25. The Bertz CT molecular complexity index is 3210. The molecule has 406 valence electrons. The van der Waals surface area contributed by atoms with Crippen LogP contribution in [0.5, 0.6) is 0 Å². The maximum Gasteiger partial charge on any atom is 0.694 e. The molecule has 0 aliphatic carbocycles. The number of rotatable bonds is 21. The average molecular weight is 1140 g/mol. The number of phosphoric ester groups is 3. The van der Waals surface area contributed by atoms with E-state index >= 15 is 0 Å². The molecule has 4 fully saturated rings. The van der Waals surface area contributed by atoms with Gasteiger partial charge in [0.25, 0.3) is 0 Å². The van der Waals surface area contributed by atoms with Crippen molar-refractivity contribution in [1.82, 2.24) is 58.6 Å². The molecule has 13 N–H and O–H groups in total. The Balaban J connectivity index is 0.831. The van der Waals surface area contributed by atoms with Crippen LogP contribution in [0, 0.1) is 0 Å². The Morgan fingerprint density at radius 3 is 1.32 bits per heavy atom. The second-order valence-electron chi connectivity index (χ2n) is 17.1. The molecule has 10 rings (SSSR count). The minimum absolute atomic E-state index is 0.0113. The van der Waals surface area contributed by atoms with Crippen molar-refractivity contribution in [3.8, 4) is 0 Å². The van der Waals surface area contributed by atoms with Gasteiger partial charge in [0.2, 0.25) is 0 Å². The van der Waals surface area contributed by atoms with Crippen LogP contribution in [0.1, 0.15) is 44.4 Å². The number of nitrogen functional groups attached to an aromatic ring is 3. The normalized spacial score (nSPS) is 30.8. The third-order valence-corrected chi connectivity index (χ3v) is 15.7. The summed E-state index contributed by atoms with van der Waals surface area (Å²) >= 11 is 0. The van der Waals surface area contributed by atoms with Gasteiger partial charge in [-0.05, 0) is 0 Å². The van der Waals surface area contributed by atoms with E-state index in [0.717, 1.165) is 0 Å². The fourth-order valence-corrected chi connectivity index (χ4v) is 11.9. The van der Waals surface area contributed by atoms with Gasteiger partial charge in [0, 0.05) is 30.2 Å². The minimum Gasteiger partial charge on any atom is -0.390 e. The number of imidazole rings is 3. The Labute approximate surface area is 420 Å². The van der Waals surface area contributed by atoms with Crippen molar-refractivity contribution in [3.05, 3.63) is 38.0 Å². The molecule has 0 aromatic carbocycles. The Hall–Kier alpha value is -4.84. The second kappa shape index (κ2) is 21.5. The summed E-state index contributed by atoms with van der Waals surface area (Å²) in [7, 11) is -18.5. The summed E-state index contributed by atoms with van der Waals surface area (Å²) in [6, 6.07) is 0. The van der Waals surface area contributed by atoms with Crippen molar-refractivity contribution in [2.24, 2.45) is 5.73 Å². The third-order valence-electron chi connectivity index (χ3n) is 12.2. The molecule has 36 nitrogen and oxygen atoms in total. The van der Waals surface area contributed by atoms with Crippen LogP contribution in [-0.4, -0.2) is 165 Å². The van der Waals surface area contributed by atoms with Gasteiger partial charge < -0.3 is 61.7 Å². The van der Waals surface area contributed by atoms with Crippen molar-refractivity contribution in [3.63, 3.8) is 0 Å². The molecular formula is C35H47N16O20P4+. The standard InChI is InChI=1S/C35H46N16O20P4/c36-23-2-16(20(65-23)5-61-72(53)54)69-74(57,58)63-7-21-18(4-26(67-21)51-14-48-29-32(39)42-11-45-35(29)51)71-75(59,60)64-8-22-17(3-25(68-22)50-13-47-28-31(38)41-10-44-34(28)50)70-73(55,56)62-6-19-15(52)1-24(66-19)49-12-46-27-30(37)40-9-43-33(27)49/h9-26,52H,1-8,36H2,(H9-,37,38,39,40,41,42,43,44,45,53,54,55,56,57,58,59,60)/p+1/t15-,16-,17-,18-,19+,20+,21+,22+,23+,24+,25+,26+/m0/s1. The first-order valence-corrected chi connectivity index (χ1v) is 27.9. The van der Waals surface area contributed by atoms with Gasteiger partial charge in [0.15, 0.2) is 34.4 Å². The van der Waals surface area contributed by atoms with Crippen molar-refractivity contribution in [1.29, 1.82) is 0 Å². The van der Waals surface area contributed by atoms with Gasteiger partial charge in [0.05, 0.1) is 44.9 Å². The van der Waals surface area contributed by atoms with Gasteiger partial charge >= 0.3 is 31.7 Å². The van der Waals surface area contributed by atoms with Gasteiger partial charge in [-0.15, -0.1) is 9.42 Å². The lowest BCUT2D eigenvalue weighted by molar-refractivity contribution is -0.0610. The van der Waals surface area contributed by atoms with E-state index in [0.29, 0.717) is 11.2 Å². The van der Waals surface area contributed by atoms with Crippen LogP contribution in [0.2, 0.25) is 0 Å².